The Hall–Kier alpha value is -8.36. The Morgan fingerprint density at radius 3 is 2.07 bits per heavy atom. The van der Waals surface area contributed by atoms with Crippen LogP contribution in [0, 0.1) is 11.8 Å². The van der Waals surface area contributed by atoms with Gasteiger partial charge in [0, 0.05) is 44.0 Å². The van der Waals surface area contributed by atoms with Crippen LogP contribution in [-0.2, 0) is 55.9 Å². The number of aliphatic imine (C=N–C) groups is 1. The van der Waals surface area contributed by atoms with Crippen LogP contribution in [0.15, 0.2) is 58.8 Å². The number of aromatic amines is 1. The number of imidazole rings is 1. The van der Waals surface area contributed by atoms with Crippen molar-refractivity contribution in [3.63, 3.8) is 0 Å². The number of carboxylic acid groups (broad SMARTS) is 2. The highest BCUT2D eigenvalue weighted by Gasteiger charge is 2.59. The molecular formula is C50H73F2N15O15. The summed E-state index contributed by atoms with van der Waals surface area (Å²) >= 11 is 0. The number of carboxylic acids is 2. The van der Waals surface area contributed by atoms with Crippen LogP contribution in [0.2, 0.25) is 0 Å². The molecule has 0 spiro atoms. The maximum absolute atomic E-state index is 14.3. The second-order valence-electron chi connectivity index (χ2n) is 20.0. The van der Waals surface area contributed by atoms with Crippen LogP contribution >= 0.6 is 0 Å². The summed E-state index contributed by atoms with van der Waals surface area (Å²) in [6.07, 6.45) is -1.54. The van der Waals surface area contributed by atoms with E-state index in [1.807, 2.05) is 0 Å². The van der Waals surface area contributed by atoms with Crippen molar-refractivity contribution in [3.8, 4) is 5.75 Å². The molecule has 2 aromatic heterocycles. The Kier molecular flexibility index (Phi) is 24.6. The zero-order valence-electron chi connectivity index (χ0n) is 45.4. The number of ether oxygens (including phenoxy) is 1. The largest absolute Gasteiger partial charge is 0.508 e. The number of guanidine groups is 1. The van der Waals surface area contributed by atoms with Crippen LogP contribution in [0.4, 0.5) is 14.6 Å². The third-order valence-electron chi connectivity index (χ3n) is 13.4. The first kappa shape index (κ1) is 66.2. The molecule has 2 aliphatic rings. The molecule has 1 aromatic carbocycles. The normalized spacial score (nSPS) is 19.8. The minimum atomic E-state index is -3.71. The lowest BCUT2D eigenvalue weighted by Gasteiger charge is -2.31. The maximum atomic E-state index is 14.3. The number of hydrogen-bond donors (Lipinski definition) is 15. The molecule has 82 heavy (non-hydrogen) atoms. The van der Waals surface area contributed by atoms with Crippen LogP contribution < -0.4 is 55.2 Å². The van der Waals surface area contributed by atoms with Gasteiger partial charge in [0.25, 0.3) is 0 Å². The third kappa shape index (κ3) is 18.6. The number of nitrogens with two attached hydrogens (primary N) is 4. The molecule has 2 aliphatic heterocycles. The summed E-state index contributed by atoms with van der Waals surface area (Å²) in [6, 6.07) is -2.11. The van der Waals surface area contributed by atoms with Gasteiger partial charge in [-0.3, -0.25) is 43.1 Å². The number of amides is 6. The number of benzene rings is 1. The van der Waals surface area contributed by atoms with E-state index in [1.165, 1.54) is 41.7 Å². The average molecular weight is 1160 g/mol. The van der Waals surface area contributed by atoms with E-state index < -0.39 is 145 Å². The number of carbonyl (C=O) groups is 8. The number of phenols is 1. The molecule has 30 nitrogen and oxygen atoms in total. The molecule has 6 amide bonds. The second kappa shape index (κ2) is 30.5. The first-order chi connectivity index (χ1) is 38.6. The first-order valence-electron chi connectivity index (χ1n) is 26.1. The van der Waals surface area contributed by atoms with Crippen molar-refractivity contribution in [1.82, 2.24) is 51.0 Å². The Bertz CT molecular complexity index is 2770. The monoisotopic (exact) mass is 1160 g/mol. The SMILES string of the molecule is CC[C@H](C)[C@H](NC(=O)[C@H](Cc1ccc(O)cc1)NC(=O)[C@@H](NC(=O)[C@H](CCCN=C(N)N)NC(=O)[C@@H](N)CC(=O)O)C(C)C)C(=O)N[C@@H](Cc1cnc[nH]1)C(=O)N1CCC[C@H]1C(=O)O.Nc1ccn([C@@H]2O[C@H](CO)[C@@H](O)C2(F)F)c(=O)n1. The number of carbonyl (C=O) groups excluding carboxylic acids is 6. The highest BCUT2D eigenvalue weighted by atomic mass is 19.3. The van der Waals surface area contributed by atoms with Crippen LogP contribution in [0.5, 0.6) is 5.75 Å². The molecule has 0 radical (unpaired) electrons. The quantitative estimate of drug-likeness (QED) is 0.0202. The zero-order chi connectivity index (χ0) is 61.2. The Morgan fingerprint density at radius 2 is 1.51 bits per heavy atom. The molecule has 452 valence electrons. The van der Waals surface area contributed by atoms with Crippen molar-refractivity contribution in [1.29, 1.82) is 0 Å². The van der Waals surface area contributed by atoms with Crippen molar-refractivity contribution in [2.24, 2.45) is 34.0 Å². The number of phenolic OH excluding ortho intramolecular Hbond substituents is 1. The molecule has 19 N–H and O–H groups in total. The number of aromatic nitrogens is 4. The van der Waals surface area contributed by atoms with Crippen molar-refractivity contribution < 1.29 is 77.4 Å². The third-order valence-corrected chi connectivity index (χ3v) is 13.4. The lowest BCUT2D eigenvalue weighted by Crippen LogP contribution is -2.62. The van der Waals surface area contributed by atoms with E-state index >= 15 is 0 Å². The number of halogens is 2. The minimum absolute atomic E-state index is 0.0436. The van der Waals surface area contributed by atoms with E-state index in [-0.39, 0.29) is 62.7 Å². The van der Waals surface area contributed by atoms with Crippen molar-refractivity contribution in [2.75, 3.05) is 25.4 Å². The fourth-order valence-electron chi connectivity index (χ4n) is 8.70. The highest BCUT2D eigenvalue weighted by Crippen LogP contribution is 2.42. The lowest BCUT2D eigenvalue weighted by atomic mass is 9.96. The van der Waals surface area contributed by atoms with Crippen LogP contribution in [0.1, 0.15) is 83.7 Å². The highest BCUT2D eigenvalue weighted by molar-refractivity contribution is 5.97. The number of anilines is 1. The topological polar surface area (TPSA) is 490 Å². The van der Waals surface area contributed by atoms with E-state index in [0.29, 0.717) is 28.7 Å². The van der Waals surface area contributed by atoms with Crippen molar-refractivity contribution in [2.45, 2.75) is 146 Å². The van der Waals surface area contributed by atoms with Gasteiger partial charge >= 0.3 is 23.6 Å². The number of rotatable bonds is 27. The van der Waals surface area contributed by atoms with Gasteiger partial charge in [0.15, 0.2) is 12.1 Å². The predicted octanol–water partition coefficient (Wildman–Crippen LogP) is -3.33. The minimum Gasteiger partial charge on any atom is -0.508 e. The Labute approximate surface area is 468 Å². The number of nitrogens with one attached hydrogen (secondary N) is 6. The number of hydrogen-bond acceptors (Lipinski definition) is 18. The van der Waals surface area contributed by atoms with Crippen molar-refractivity contribution >= 4 is 59.2 Å². The van der Waals surface area contributed by atoms with Crippen molar-refractivity contribution in [3.05, 3.63) is 70.8 Å². The second-order valence-corrected chi connectivity index (χ2v) is 20.0. The van der Waals surface area contributed by atoms with E-state index in [0.717, 1.165) is 12.3 Å². The average Bonchev–Trinajstić information content (AvgIpc) is 4.18. The van der Waals surface area contributed by atoms with Gasteiger partial charge < -0.3 is 89.7 Å². The lowest BCUT2D eigenvalue weighted by molar-refractivity contribution is -0.149. The molecular weight excluding hydrogens is 1090 g/mol. The fraction of sp³-hybridized carbons (Fsp3) is 0.560. The Morgan fingerprint density at radius 1 is 0.890 bits per heavy atom. The van der Waals surface area contributed by atoms with Gasteiger partial charge in [-0.2, -0.15) is 13.8 Å². The number of H-pyrrole nitrogens is 1. The van der Waals surface area contributed by atoms with Gasteiger partial charge in [-0.15, -0.1) is 0 Å². The van der Waals surface area contributed by atoms with Gasteiger partial charge in [-0.25, -0.2) is 14.6 Å². The van der Waals surface area contributed by atoms with E-state index in [4.69, 9.17) is 37.9 Å². The van der Waals surface area contributed by atoms with Crippen LogP contribution in [-0.4, -0.2) is 183 Å². The van der Waals surface area contributed by atoms with Gasteiger partial charge in [0.05, 0.1) is 25.4 Å². The van der Waals surface area contributed by atoms with Gasteiger partial charge in [0.2, 0.25) is 41.7 Å². The molecule has 32 heteroatoms. The summed E-state index contributed by atoms with van der Waals surface area (Å²) < 4.78 is 32.7. The van der Waals surface area contributed by atoms with Gasteiger partial charge in [0.1, 0.15) is 53.9 Å². The molecule has 2 fully saturated rings. The Balaban J connectivity index is 0.000000674. The molecule has 2 saturated heterocycles. The molecule has 0 saturated carbocycles. The number of aliphatic hydroxyl groups is 2. The predicted molar refractivity (Wildman–Crippen MR) is 285 cm³/mol. The summed E-state index contributed by atoms with van der Waals surface area (Å²) in [6.45, 7) is 6.20. The molecule has 5 rings (SSSR count). The van der Waals surface area contributed by atoms with E-state index in [1.54, 1.807) is 27.7 Å². The molecule has 4 heterocycles. The van der Waals surface area contributed by atoms with E-state index in [2.05, 4.69) is 46.5 Å². The van der Waals surface area contributed by atoms with Gasteiger partial charge in [-0.1, -0.05) is 46.2 Å². The molecule has 0 unspecified atom stereocenters. The molecule has 0 bridgehead atoms. The summed E-state index contributed by atoms with van der Waals surface area (Å²) in [5.41, 5.74) is 21.7. The number of aliphatic carboxylic acids is 2. The fourth-order valence-corrected chi connectivity index (χ4v) is 8.70. The molecule has 0 aliphatic carbocycles. The summed E-state index contributed by atoms with van der Waals surface area (Å²) in [4.78, 5) is 133. The number of likely N-dealkylation sites (tertiary alicyclic amines) is 1. The van der Waals surface area contributed by atoms with Gasteiger partial charge in [-0.05, 0) is 61.3 Å². The molecule has 11 atom stereocenters. The number of aliphatic hydroxyl groups excluding tert-OH is 2. The number of alkyl halides is 2. The standard InChI is InChI=1S/C41H62N12O11.C9H11F2N3O4/c1-5-22(4)33(38(61)50-29(17-24-19-45-20-47-24)39(62)53-15-7-9-30(53)40(63)64)52-36(59)28(16-23-10-12-25(54)13-11-23)49-37(60)32(21(2)3)51-35(58)27(8-6-14-46-41(43)44)48-34(57)26(42)18-31(55)56;10-9(11)6(16)4(3-15)18-7(9)14-2-1-5(12)13-8(14)17/h10-13,19-22,26-30,32-33,54H,5-9,14-18,42H2,1-4H3,(H,45,47)(H,48,57)(H,49,60)(H,50,61)(H,51,58)(H,52,59)(H,55,56)(H,63,64)(H4,43,44,46);1-2,4,6-7,15-16H,3H2,(H2,12,13,17)/t22-,26-,27-,28-,29-,30-,32-,33-;4-,6-,7-/m01/s1. The number of nitrogen functional groups attached to an aromatic ring is 1. The maximum Gasteiger partial charge on any atom is 0.351 e. The van der Waals surface area contributed by atoms with Crippen LogP contribution in [0.25, 0.3) is 0 Å². The number of nitrogens with zero attached hydrogens (tertiary/aromatic N) is 5. The summed E-state index contributed by atoms with van der Waals surface area (Å²) in [5.74, 6) is -12.5. The first-order valence-corrected chi connectivity index (χ1v) is 26.1. The van der Waals surface area contributed by atoms with E-state index in [9.17, 15) is 67.3 Å². The zero-order valence-corrected chi connectivity index (χ0v) is 45.4. The molecule has 3 aromatic rings. The van der Waals surface area contributed by atoms with Crippen LogP contribution in [0.3, 0.4) is 0 Å². The number of aromatic hydroxyl groups is 1. The summed E-state index contributed by atoms with van der Waals surface area (Å²) in [7, 11) is 0. The smallest absolute Gasteiger partial charge is 0.351 e. The summed E-state index contributed by atoms with van der Waals surface area (Å²) in [5, 5.41) is 60.1.